The number of carbonyl (C=O) groups excluding carboxylic acids is 1. The molecule has 106 valence electrons. The molecule has 21 heavy (non-hydrogen) atoms. The highest BCUT2D eigenvalue weighted by molar-refractivity contribution is 6.33. The Morgan fingerprint density at radius 1 is 1.48 bits per heavy atom. The summed E-state index contributed by atoms with van der Waals surface area (Å²) in [6.07, 6.45) is 0. The van der Waals surface area contributed by atoms with Crippen LogP contribution in [0.3, 0.4) is 0 Å². The van der Waals surface area contributed by atoms with Crippen LogP contribution in [0.4, 0.5) is 0 Å². The van der Waals surface area contributed by atoms with Gasteiger partial charge in [0.25, 0.3) is 0 Å². The van der Waals surface area contributed by atoms with Crippen LogP contribution in [0, 0.1) is 11.3 Å². The summed E-state index contributed by atoms with van der Waals surface area (Å²) in [5.74, 6) is -0.166. The van der Waals surface area contributed by atoms with Crippen LogP contribution in [0.25, 0.3) is 11.4 Å². The number of carbonyl (C=O) groups is 1. The van der Waals surface area contributed by atoms with Crippen molar-refractivity contribution in [2.75, 3.05) is 0 Å². The molecule has 1 heterocycles. The van der Waals surface area contributed by atoms with Gasteiger partial charge in [-0.05, 0) is 24.3 Å². The van der Waals surface area contributed by atoms with E-state index in [2.05, 4.69) is 15.4 Å². The zero-order chi connectivity index (χ0) is 15.4. The molecule has 7 nitrogen and oxygen atoms in total. The number of Topliss-reactive ketones (excluding diaryl/α,β-unsaturated/α-hetero) is 1. The topological polar surface area (TPSA) is 110 Å². The van der Waals surface area contributed by atoms with E-state index in [1.807, 2.05) is 0 Å². The Balaban J connectivity index is 2.23. The van der Waals surface area contributed by atoms with Gasteiger partial charge in [0.1, 0.15) is 18.2 Å². The molecule has 2 aromatic rings. The molecule has 0 radical (unpaired) electrons. The maximum atomic E-state index is 11.9. The molecular formula is C13H11ClN6O. The van der Waals surface area contributed by atoms with Crippen molar-refractivity contribution in [2.45, 2.75) is 13.5 Å². The molecule has 1 aromatic carbocycles. The molecule has 0 amide bonds. The summed E-state index contributed by atoms with van der Waals surface area (Å²) in [4.78, 5) is 13.0. The number of nitrogens with two attached hydrogens (primary N) is 1. The molecule has 2 N–H and O–H groups in total. The summed E-state index contributed by atoms with van der Waals surface area (Å²) in [6, 6.07) is 8.79. The molecule has 0 aliphatic heterocycles. The van der Waals surface area contributed by atoms with Gasteiger partial charge in [0.2, 0.25) is 5.82 Å². The maximum absolute atomic E-state index is 11.9. The number of hydrogen-bond acceptors (Lipinski definition) is 6. The van der Waals surface area contributed by atoms with E-state index < -0.39 is 5.78 Å². The van der Waals surface area contributed by atoms with Crippen LogP contribution >= 0.6 is 11.6 Å². The van der Waals surface area contributed by atoms with Crippen molar-refractivity contribution in [3.63, 3.8) is 0 Å². The lowest BCUT2D eigenvalue weighted by Gasteiger charge is -1.99. The number of nitriles is 1. The molecule has 0 spiro atoms. The fraction of sp³-hybridized carbons (Fsp3) is 0.154. The molecule has 0 atom stereocenters. The average Bonchev–Trinajstić information content (AvgIpc) is 2.87. The number of aromatic nitrogens is 4. The molecule has 0 saturated heterocycles. The van der Waals surface area contributed by atoms with E-state index in [0.29, 0.717) is 16.4 Å². The third kappa shape index (κ3) is 3.24. The Morgan fingerprint density at radius 3 is 2.81 bits per heavy atom. The van der Waals surface area contributed by atoms with Crippen molar-refractivity contribution in [1.82, 2.24) is 20.2 Å². The van der Waals surface area contributed by atoms with E-state index in [1.54, 1.807) is 30.3 Å². The first-order valence-electron chi connectivity index (χ1n) is 5.95. The molecule has 8 heteroatoms. The van der Waals surface area contributed by atoms with Crippen molar-refractivity contribution in [1.29, 1.82) is 5.26 Å². The van der Waals surface area contributed by atoms with Crippen LogP contribution in [-0.4, -0.2) is 26.0 Å². The van der Waals surface area contributed by atoms with Gasteiger partial charge in [-0.2, -0.15) is 10.1 Å². The van der Waals surface area contributed by atoms with Gasteiger partial charge in [0.15, 0.2) is 5.78 Å². The SMILES string of the molecule is CC(N)=C(C#N)C(=O)Cn1nnc(-c2ccccc2Cl)n1. The lowest BCUT2D eigenvalue weighted by atomic mass is 10.1. The second kappa shape index (κ2) is 6.15. The van der Waals surface area contributed by atoms with E-state index in [4.69, 9.17) is 22.6 Å². The van der Waals surface area contributed by atoms with Gasteiger partial charge in [-0.1, -0.05) is 23.7 Å². The molecule has 0 aliphatic rings. The fourth-order valence-electron chi connectivity index (χ4n) is 1.64. The standard InChI is InChI=1S/C13H11ClN6O/c1-8(16)10(6-15)12(21)7-20-18-13(17-19-20)9-4-2-3-5-11(9)14/h2-5H,7,16H2,1H3. The maximum Gasteiger partial charge on any atom is 0.206 e. The first kappa shape index (κ1) is 14.7. The Hall–Kier alpha value is -2.72. The number of halogens is 1. The van der Waals surface area contributed by atoms with Crippen LogP contribution in [0.1, 0.15) is 6.92 Å². The monoisotopic (exact) mass is 302 g/mol. The van der Waals surface area contributed by atoms with Gasteiger partial charge in [-0.25, -0.2) is 0 Å². The summed E-state index contributed by atoms with van der Waals surface area (Å²) in [5.41, 5.74) is 6.14. The highest BCUT2D eigenvalue weighted by Crippen LogP contribution is 2.23. The Labute approximate surface area is 125 Å². The molecule has 0 bridgehead atoms. The van der Waals surface area contributed by atoms with Gasteiger partial charge in [-0.3, -0.25) is 4.79 Å². The van der Waals surface area contributed by atoms with Crippen LogP contribution in [0.15, 0.2) is 35.5 Å². The molecular weight excluding hydrogens is 292 g/mol. The zero-order valence-corrected chi connectivity index (χ0v) is 11.9. The summed E-state index contributed by atoms with van der Waals surface area (Å²) < 4.78 is 0. The number of benzene rings is 1. The minimum absolute atomic E-state index is 0.105. The molecule has 0 aliphatic carbocycles. The Bertz CT molecular complexity index is 754. The summed E-state index contributed by atoms with van der Waals surface area (Å²) in [7, 11) is 0. The van der Waals surface area contributed by atoms with Crippen molar-refractivity contribution in [3.05, 3.63) is 40.6 Å². The summed E-state index contributed by atoms with van der Waals surface area (Å²) >= 11 is 6.04. The first-order valence-corrected chi connectivity index (χ1v) is 6.33. The summed E-state index contributed by atoms with van der Waals surface area (Å²) in [5, 5.41) is 21.0. The third-order valence-electron chi connectivity index (χ3n) is 2.64. The van der Waals surface area contributed by atoms with E-state index >= 15 is 0 Å². The Kier molecular flexibility index (Phi) is 4.30. The van der Waals surface area contributed by atoms with Crippen molar-refractivity contribution in [3.8, 4) is 17.5 Å². The lowest BCUT2D eigenvalue weighted by molar-refractivity contribution is -0.116. The normalized spacial score (nSPS) is 11.7. The summed E-state index contributed by atoms with van der Waals surface area (Å²) in [6.45, 7) is 1.27. The molecule has 0 unspecified atom stereocenters. The number of nitrogens with zero attached hydrogens (tertiary/aromatic N) is 5. The number of ketones is 1. The predicted octanol–water partition coefficient (Wildman–Crippen LogP) is 1.32. The van der Waals surface area contributed by atoms with Gasteiger partial charge in [-0.15, -0.1) is 10.2 Å². The van der Waals surface area contributed by atoms with Crippen LogP contribution in [-0.2, 0) is 11.3 Å². The van der Waals surface area contributed by atoms with E-state index in [1.165, 1.54) is 6.92 Å². The van der Waals surface area contributed by atoms with Gasteiger partial charge in [0, 0.05) is 11.3 Å². The van der Waals surface area contributed by atoms with Gasteiger partial charge in [0.05, 0.1) is 5.02 Å². The molecule has 2 rings (SSSR count). The minimum atomic E-state index is -0.472. The highest BCUT2D eigenvalue weighted by Gasteiger charge is 2.15. The lowest BCUT2D eigenvalue weighted by Crippen LogP contribution is -2.17. The quantitative estimate of drug-likeness (QED) is 0.673. The predicted molar refractivity (Wildman–Crippen MR) is 75.8 cm³/mol. The molecule has 1 aromatic heterocycles. The number of hydrogen-bond donors (Lipinski definition) is 1. The Morgan fingerprint density at radius 2 is 2.19 bits per heavy atom. The van der Waals surface area contributed by atoms with Crippen LogP contribution < -0.4 is 5.73 Å². The zero-order valence-electron chi connectivity index (χ0n) is 11.1. The minimum Gasteiger partial charge on any atom is -0.401 e. The second-order valence-electron chi connectivity index (χ2n) is 4.22. The van der Waals surface area contributed by atoms with Gasteiger partial charge < -0.3 is 5.73 Å². The van der Waals surface area contributed by atoms with Crippen molar-refractivity contribution >= 4 is 17.4 Å². The van der Waals surface area contributed by atoms with E-state index in [9.17, 15) is 4.79 Å². The number of rotatable bonds is 4. The average molecular weight is 303 g/mol. The largest absolute Gasteiger partial charge is 0.401 e. The third-order valence-corrected chi connectivity index (χ3v) is 2.97. The fourth-order valence-corrected chi connectivity index (χ4v) is 1.86. The van der Waals surface area contributed by atoms with Crippen molar-refractivity contribution < 1.29 is 4.79 Å². The van der Waals surface area contributed by atoms with Crippen molar-refractivity contribution in [2.24, 2.45) is 5.73 Å². The van der Waals surface area contributed by atoms with Gasteiger partial charge >= 0.3 is 0 Å². The van der Waals surface area contributed by atoms with E-state index in [-0.39, 0.29) is 17.8 Å². The first-order chi connectivity index (χ1) is 10.0. The number of tetrazole rings is 1. The van der Waals surface area contributed by atoms with Crippen LogP contribution in [0.2, 0.25) is 5.02 Å². The number of allylic oxidation sites excluding steroid dienone is 2. The van der Waals surface area contributed by atoms with E-state index in [0.717, 1.165) is 4.80 Å². The molecule has 0 saturated carbocycles. The smallest absolute Gasteiger partial charge is 0.206 e. The second-order valence-corrected chi connectivity index (χ2v) is 4.62. The van der Waals surface area contributed by atoms with Crippen LogP contribution in [0.5, 0.6) is 0 Å². The molecule has 0 fully saturated rings. The highest BCUT2D eigenvalue weighted by atomic mass is 35.5.